The van der Waals surface area contributed by atoms with E-state index in [9.17, 15) is 9.90 Å². The molecule has 28 heavy (non-hydrogen) atoms. The standard InChI is InChI=1S/C22H31NO5/c1-4-22(2,3)27-21(25)13-18(20-14-19(15-24)23-28-20)11-8-12-26-16-17-9-6-5-7-10-17/h5-7,9-10,14,18,24H,4,8,11-13,15-16H2,1-3H3/t18-/m0/s1. The molecule has 1 aromatic carbocycles. The van der Waals surface area contributed by atoms with Crippen LogP contribution in [0.25, 0.3) is 0 Å². The molecule has 2 rings (SSSR count). The van der Waals surface area contributed by atoms with Crippen LogP contribution >= 0.6 is 0 Å². The third-order valence-corrected chi connectivity index (χ3v) is 4.75. The highest BCUT2D eigenvalue weighted by molar-refractivity contribution is 5.70. The summed E-state index contributed by atoms with van der Waals surface area (Å²) in [4.78, 5) is 12.4. The number of aliphatic hydroxyl groups excluding tert-OH is 1. The Labute approximate surface area is 166 Å². The Morgan fingerprint density at radius 2 is 2.04 bits per heavy atom. The monoisotopic (exact) mass is 389 g/mol. The Kier molecular flexibility index (Phi) is 8.67. The fourth-order valence-corrected chi connectivity index (χ4v) is 2.76. The number of aromatic nitrogens is 1. The molecule has 2 aromatic rings. The van der Waals surface area contributed by atoms with Crippen molar-refractivity contribution in [1.82, 2.24) is 5.16 Å². The van der Waals surface area contributed by atoms with Gasteiger partial charge in [-0.2, -0.15) is 0 Å². The SMILES string of the molecule is CCC(C)(C)OC(=O)C[C@H](CCCOCc1ccccc1)c1cc(CO)no1. The number of carbonyl (C=O) groups excluding carboxylic acids is 1. The van der Waals surface area contributed by atoms with Gasteiger partial charge < -0.3 is 19.1 Å². The molecule has 0 saturated heterocycles. The summed E-state index contributed by atoms with van der Waals surface area (Å²) in [7, 11) is 0. The van der Waals surface area contributed by atoms with E-state index >= 15 is 0 Å². The molecule has 6 heteroatoms. The average Bonchev–Trinajstić information content (AvgIpc) is 3.16. The van der Waals surface area contributed by atoms with Crippen molar-refractivity contribution < 1.29 is 23.9 Å². The zero-order chi connectivity index (χ0) is 20.4. The Morgan fingerprint density at radius 3 is 2.68 bits per heavy atom. The van der Waals surface area contributed by atoms with Gasteiger partial charge in [-0.3, -0.25) is 4.79 Å². The van der Waals surface area contributed by atoms with Crippen molar-refractivity contribution in [3.05, 3.63) is 53.4 Å². The van der Waals surface area contributed by atoms with Gasteiger partial charge >= 0.3 is 5.97 Å². The second-order valence-electron chi connectivity index (χ2n) is 7.55. The van der Waals surface area contributed by atoms with Crippen molar-refractivity contribution in [3.8, 4) is 0 Å². The Morgan fingerprint density at radius 1 is 1.29 bits per heavy atom. The van der Waals surface area contributed by atoms with Gasteiger partial charge in [0.2, 0.25) is 0 Å². The highest BCUT2D eigenvalue weighted by atomic mass is 16.6. The van der Waals surface area contributed by atoms with Crippen molar-refractivity contribution in [3.63, 3.8) is 0 Å². The van der Waals surface area contributed by atoms with Crippen LogP contribution in [0.15, 0.2) is 40.9 Å². The van der Waals surface area contributed by atoms with Gasteiger partial charge in [-0.05, 0) is 38.7 Å². The van der Waals surface area contributed by atoms with Crippen LogP contribution in [0.5, 0.6) is 0 Å². The minimum absolute atomic E-state index is 0.159. The van der Waals surface area contributed by atoms with Crippen LogP contribution in [-0.2, 0) is 27.5 Å². The average molecular weight is 389 g/mol. The summed E-state index contributed by atoms with van der Waals surface area (Å²) in [6.45, 7) is 6.74. The van der Waals surface area contributed by atoms with E-state index in [2.05, 4.69) is 5.16 Å². The highest BCUT2D eigenvalue weighted by Crippen LogP contribution is 2.28. The molecule has 6 nitrogen and oxygen atoms in total. The van der Waals surface area contributed by atoms with E-state index < -0.39 is 5.60 Å². The van der Waals surface area contributed by atoms with E-state index in [1.165, 1.54) is 0 Å². The molecule has 1 N–H and O–H groups in total. The number of carbonyl (C=O) groups is 1. The summed E-state index contributed by atoms with van der Waals surface area (Å²) in [6.07, 6.45) is 2.43. The molecule has 0 aliphatic rings. The Bertz CT molecular complexity index is 711. The summed E-state index contributed by atoms with van der Waals surface area (Å²) < 4.78 is 16.7. The normalized spacial score (nSPS) is 12.7. The van der Waals surface area contributed by atoms with Gasteiger partial charge in [0, 0.05) is 18.6 Å². The maximum absolute atomic E-state index is 12.4. The molecule has 0 spiro atoms. The van der Waals surface area contributed by atoms with Gasteiger partial charge in [0.15, 0.2) is 0 Å². The van der Waals surface area contributed by atoms with Crippen LogP contribution in [0.1, 0.15) is 69.4 Å². The van der Waals surface area contributed by atoms with E-state index in [4.69, 9.17) is 14.0 Å². The molecular weight excluding hydrogens is 358 g/mol. The molecule has 1 aromatic heterocycles. The number of ether oxygens (including phenoxy) is 2. The second kappa shape index (κ2) is 11.0. The minimum Gasteiger partial charge on any atom is -0.460 e. The summed E-state index contributed by atoms with van der Waals surface area (Å²) in [5, 5.41) is 13.0. The third-order valence-electron chi connectivity index (χ3n) is 4.75. The van der Waals surface area contributed by atoms with E-state index in [-0.39, 0.29) is 24.9 Å². The summed E-state index contributed by atoms with van der Waals surface area (Å²) in [5.74, 6) is 0.177. The number of esters is 1. The first-order valence-corrected chi connectivity index (χ1v) is 9.83. The number of rotatable bonds is 12. The van der Waals surface area contributed by atoms with Crippen LogP contribution in [0.2, 0.25) is 0 Å². The van der Waals surface area contributed by atoms with Crippen LogP contribution in [0.4, 0.5) is 0 Å². The van der Waals surface area contributed by atoms with Gasteiger partial charge in [0.1, 0.15) is 17.1 Å². The topological polar surface area (TPSA) is 81.8 Å². The summed E-state index contributed by atoms with van der Waals surface area (Å²) >= 11 is 0. The number of nitrogens with zero attached hydrogens (tertiary/aromatic N) is 1. The fraction of sp³-hybridized carbons (Fsp3) is 0.545. The Hall–Kier alpha value is -2.18. The first-order chi connectivity index (χ1) is 13.4. The van der Waals surface area contributed by atoms with E-state index in [1.54, 1.807) is 6.07 Å². The summed E-state index contributed by atoms with van der Waals surface area (Å²) in [6, 6.07) is 11.7. The number of aliphatic hydroxyl groups is 1. The van der Waals surface area contributed by atoms with E-state index in [0.29, 0.717) is 31.1 Å². The Balaban J connectivity index is 1.88. The van der Waals surface area contributed by atoms with Crippen molar-refractivity contribution in [2.24, 2.45) is 0 Å². The highest BCUT2D eigenvalue weighted by Gasteiger charge is 2.25. The molecule has 154 valence electrons. The van der Waals surface area contributed by atoms with E-state index in [1.807, 2.05) is 51.1 Å². The molecule has 0 radical (unpaired) electrons. The lowest BCUT2D eigenvalue weighted by atomic mass is 9.96. The zero-order valence-corrected chi connectivity index (χ0v) is 17.0. The molecule has 0 amide bonds. The fourth-order valence-electron chi connectivity index (χ4n) is 2.76. The molecule has 0 saturated carbocycles. The third kappa shape index (κ3) is 7.44. The smallest absolute Gasteiger partial charge is 0.307 e. The lowest BCUT2D eigenvalue weighted by Crippen LogP contribution is -2.27. The maximum atomic E-state index is 12.4. The van der Waals surface area contributed by atoms with Gasteiger partial charge in [-0.15, -0.1) is 0 Å². The van der Waals surface area contributed by atoms with Gasteiger partial charge in [-0.1, -0.05) is 42.4 Å². The second-order valence-corrected chi connectivity index (χ2v) is 7.55. The van der Waals surface area contributed by atoms with Crippen molar-refractivity contribution in [2.75, 3.05) is 6.61 Å². The number of hydrogen-bond donors (Lipinski definition) is 1. The van der Waals surface area contributed by atoms with Crippen LogP contribution < -0.4 is 0 Å². The molecule has 0 bridgehead atoms. The molecule has 0 fully saturated rings. The molecule has 0 aliphatic heterocycles. The molecule has 1 atom stereocenters. The maximum Gasteiger partial charge on any atom is 0.307 e. The minimum atomic E-state index is -0.488. The predicted octanol–water partition coefficient (Wildman–Crippen LogP) is 4.37. The van der Waals surface area contributed by atoms with Gasteiger partial charge in [-0.25, -0.2) is 0 Å². The zero-order valence-electron chi connectivity index (χ0n) is 17.0. The lowest BCUT2D eigenvalue weighted by Gasteiger charge is -2.24. The lowest BCUT2D eigenvalue weighted by molar-refractivity contribution is -0.157. The van der Waals surface area contributed by atoms with Gasteiger partial charge in [0.05, 0.1) is 19.6 Å². The predicted molar refractivity (Wildman–Crippen MR) is 106 cm³/mol. The quantitative estimate of drug-likeness (QED) is 0.429. The number of hydrogen-bond acceptors (Lipinski definition) is 6. The van der Waals surface area contributed by atoms with Crippen LogP contribution in [-0.4, -0.2) is 28.4 Å². The van der Waals surface area contributed by atoms with Gasteiger partial charge in [0.25, 0.3) is 0 Å². The first kappa shape index (κ1) is 22.1. The molecular formula is C22H31NO5. The van der Waals surface area contributed by atoms with E-state index in [0.717, 1.165) is 18.4 Å². The molecule has 0 aliphatic carbocycles. The van der Waals surface area contributed by atoms with Crippen molar-refractivity contribution in [1.29, 1.82) is 0 Å². The summed E-state index contributed by atoms with van der Waals surface area (Å²) in [5.41, 5.74) is 1.10. The van der Waals surface area contributed by atoms with Crippen molar-refractivity contribution >= 4 is 5.97 Å². The largest absolute Gasteiger partial charge is 0.460 e. The number of benzene rings is 1. The van der Waals surface area contributed by atoms with Crippen molar-refractivity contribution in [2.45, 2.75) is 71.2 Å². The molecule has 1 heterocycles. The van der Waals surface area contributed by atoms with Crippen LogP contribution in [0.3, 0.4) is 0 Å². The van der Waals surface area contributed by atoms with Crippen LogP contribution in [0, 0.1) is 0 Å². The first-order valence-electron chi connectivity index (χ1n) is 9.83. The molecule has 0 unspecified atom stereocenters.